The van der Waals surface area contributed by atoms with Gasteiger partial charge in [-0.1, -0.05) is 198 Å². The van der Waals surface area contributed by atoms with Crippen molar-refractivity contribution < 1.29 is 40.9 Å². The van der Waals surface area contributed by atoms with Crippen molar-refractivity contribution >= 4 is 98.9 Å². The van der Waals surface area contributed by atoms with Crippen molar-refractivity contribution in [3.05, 3.63) is 290 Å². The van der Waals surface area contributed by atoms with Gasteiger partial charge in [0.15, 0.2) is 0 Å². The standard InChI is InChI=1S/C27H30N2O2.C24H16N2O2.C22H21N3O2.C19H14N2O2/c1-3-5-17-27(18-6-4-2,23-15-13-19-9-7-11-21(30)25(19)28-23)24-16-14-20-10-8-12-22(31)26(20)29-24;27-21-7-3-1-5-17(21)19-13-11-15-9-10-16-12-14-20(26-24(16)23(15)25-19)18-6-2-4-8-22(18)28;1-2-3-14-25(19-12-10-15-6-4-8-17(26)21(15)23-19)20-13-11-16-7-5-9-18(27)22(16)24-20;22-16-5-1-3-12-7-9-14(20-18(12)16)11-15-10-8-13-4-2-6-17(23)19(13)21-15/h7-16,30-31H,3-6,17-18H2,1-2H3;1-14,27-28H;4-13,26-27H,2-3,14H2,1H3;1-10,22-23H,11H2. The number of nitrogens with zero attached hydrogens (tertiary/aromatic N) is 9. The molecule has 9 aromatic carbocycles. The van der Waals surface area contributed by atoms with Crippen molar-refractivity contribution in [2.24, 2.45) is 0 Å². The van der Waals surface area contributed by atoms with Crippen LogP contribution >= 0.6 is 0 Å². The van der Waals surface area contributed by atoms with Crippen LogP contribution in [0.5, 0.6) is 46.0 Å². The van der Waals surface area contributed by atoms with Crippen LogP contribution in [0, 0.1) is 0 Å². The lowest BCUT2D eigenvalue weighted by molar-refractivity contribution is 0.387. The van der Waals surface area contributed by atoms with E-state index in [4.69, 9.17) is 19.9 Å². The molecule has 0 spiro atoms. The molecular formula is C92H81N9O8. The highest BCUT2D eigenvalue weighted by Crippen LogP contribution is 2.44. The van der Waals surface area contributed by atoms with Gasteiger partial charge in [-0.2, -0.15) is 0 Å². The van der Waals surface area contributed by atoms with Gasteiger partial charge in [0, 0.05) is 78.6 Å². The Morgan fingerprint density at radius 2 is 0.550 bits per heavy atom. The van der Waals surface area contributed by atoms with E-state index in [1.807, 2.05) is 187 Å². The van der Waals surface area contributed by atoms with Crippen LogP contribution in [0.4, 0.5) is 11.6 Å². The molecule has 0 aliphatic carbocycles. The van der Waals surface area contributed by atoms with Crippen LogP contribution < -0.4 is 4.90 Å². The van der Waals surface area contributed by atoms with Crippen LogP contribution in [0.15, 0.2) is 267 Å². The Labute approximate surface area is 629 Å². The molecule has 542 valence electrons. The maximum Gasteiger partial charge on any atom is 0.141 e. The van der Waals surface area contributed by atoms with E-state index in [1.165, 1.54) is 0 Å². The summed E-state index contributed by atoms with van der Waals surface area (Å²) in [5, 5.41) is 88.8. The van der Waals surface area contributed by atoms with Gasteiger partial charge >= 0.3 is 0 Å². The Balaban J connectivity index is 0.000000122. The summed E-state index contributed by atoms with van der Waals surface area (Å²) in [6.07, 6.45) is 8.62. The number of aromatic hydroxyl groups is 8. The number of hydrogen-bond acceptors (Lipinski definition) is 17. The third kappa shape index (κ3) is 15.6. The number of para-hydroxylation sites is 8. The average molecular weight is 1440 g/mol. The SMILES string of the molecule is CCCCC(CCCC)(c1ccc2cccc(O)c2n1)c1ccc2cccc(O)c2n1.CCCCN(c1ccc2cccc(O)c2n1)c1ccc2cccc(O)c2n1.Oc1cccc2ccc(Cc3ccc4cccc(O)c4n3)nc12.Oc1ccccc1-c1ccc2ccc3ccc(-c4ccccc4O)nc3c2n1. The molecule has 0 atom stereocenters. The second-order valence-electron chi connectivity index (χ2n) is 27.0. The minimum Gasteiger partial charge on any atom is -0.507 e. The van der Waals surface area contributed by atoms with Gasteiger partial charge in [-0.25, -0.2) is 39.9 Å². The van der Waals surface area contributed by atoms with E-state index in [-0.39, 0.29) is 51.4 Å². The van der Waals surface area contributed by atoms with Crippen LogP contribution in [0.2, 0.25) is 0 Å². The van der Waals surface area contributed by atoms with Gasteiger partial charge in [0.25, 0.3) is 0 Å². The summed E-state index contributed by atoms with van der Waals surface area (Å²) in [7, 11) is 0. The van der Waals surface area contributed by atoms with Gasteiger partial charge < -0.3 is 45.8 Å². The summed E-state index contributed by atoms with van der Waals surface area (Å²) >= 11 is 0. The minimum absolute atomic E-state index is 0.161. The van der Waals surface area contributed by atoms with Gasteiger partial charge in [0.2, 0.25) is 0 Å². The van der Waals surface area contributed by atoms with E-state index in [2.05, 4.69) is 52.8 Å². The highest BCUT2D eigenvalue weighted by molar-refractivity contribution is 6.04. The second kappa shape index (κ2) is 32.4. The maximum atomic E-state index is 10.5. The zero-order chi connectivity index (χ0) is 75.5. The molecule has 8 aromatic heterocycles. The lowest BCUT2D eigenvalue weighted by Crippen LogP contribution is -2.30. The average Bonchev–Trinajstić information content (AvgIpc) is 0.749. The predicted octanol–water partition coefficient (Wildman–Crippen LogP) is 21.3. The van der Waals surface area contributed by atoms with E-state index < -0.39 is 0 Å². The molecule has 17 rings (SSSR count). The van der Waals surface area contributed by atoms with Crippen molar-refractivity contribution in [1.82, 2.24) is 39.9 Å². The number of unbranched alkanes of at least 4 members (excludes halogenated alkanes) is 3. The molecule has 0 radical (unpaired) electrons. The van der Waals surface area contributed by atoms with E-state index in [0.29, 0.717) is 62.0 Å². The number of pyridine rings is 8. The summed E-state index contributed by atoms with van der Waals surface area (Å²) in [6.45, 7) is 7.28. The van der Waals surface area contributed by atoms with Crippen LogP contribution in [0.1, 0.15) is 94.9 Å². The third-order valence-electron chi connectivity index (χ3n) is 19.7. The van der Waals surface area contributed by atoms with E-state index >= 15 is 0 Å². The Kier molecular flexibility index (Phi) is 21.6. The van der Waals surface area contributed by atoms with Gasteiger partial charge in [0.1, 0.15) is 90.7 Å². The normalized spacial score (nSPS) is 11.4. The molecule has 8 heterocycles. The van der Waals surface area contributed by atoms with Crippen molar-refractivity contribution in [1.29, 1.82) is 0 Å². The molecule has 8 N–H and O–H groups in total. The zero-order valence-corrected chi connectivity index (χ0v) is 60.6. The monoisotopic (exact) mass is 1440 g/mol. The van der Waals surface area contributed by atoms with E-state index in [0.717, 1.165) is 146 Å². The first-order valence-corrected chi connectivity index (χ1v) is 36.7. The quantitative estimate of drug-likeness (QED) is 0.0394. The van der Waals surface area contributed by atoms with Crippen LogP contribution in [-0.4, -0.2) is 87.3 Å². The van der Waals surface area contributed by atoms with Crippen molar-refractivity contribution in [2.45, 2.75) is 84.0 Å². The molecule has 0 bridgehead atoms. The highest BCUT2D eigenvalue weighted by Gasteiger charge is 2.37. The fourth-order valence-electron chi connectivity index (χ4n) is 13.9. The number of phenolic OH excluding ortho intramolecular Hbond substituents is 8. The first-order valence-electron chi connectivity index (χ1n) is 36.7. The summed E-state index contributed by atoms with van der Waals surface area (Å²) in [4.78, 5) is 40.0. The highest BCUT2D eigenvalue weighted by atomic mass is 16.3. The minimum atomic E-state index is -0.376. The fourth-order valence-corrected chi connectivity index (χ4v) is 13.9. The van der Waals surface area contributed by atoms with Crippen LogP contribution in [0.25, 0.3) is 110 Å². The molecule has 0 saturated carbocycles. The molecule has 0 aliphatic heterocycles. The van der Waals surface area contributed by atoms with Crippen molar-refractivity contribution in [3.8, 4) is 68.5 Å². The Bertz CT molecular complexity index is 5810. The lowest BCUT2D eigenvalue weighted by atomic mass is 9.72. The predicted molar refractivity (Wildman–Crippen MR) is 436 cm³/mol. The summed E-state index contributed by atoms with van der Waals surface area (Å²) in [5.74, 6) is 2.89. The topological polar surface area (TPSA) is 268 Å². The zero-order valence-electron chi connectivity index (χ0n) is 60.6. The fraction of sp³-hybridized carbons (Fsp3) is 0.152. The third-order valence-corrected chi connectivity index (χ3v) is 19.7. The first kappa shape index (κ1) is 72.4. The largest absolute Gasteiger partial charge is 0.507 e. The molecule has 0 saturated heterocycles. The maximum absolute atomic E-state index is 10.5. The molecule has 0 amide bonds. The smallest absolute Gasteiger partial charge is 0.141 e. The molecular weight excluding hydrogens is 1360 g/mol. The number of rotatable bonds is 17. The molecule has 0 unspecified atom stereocenters. The van der Waals surface area contributed by atoms with Gasteiger partial charge in [-0.15, -0.1) is 0 Å². The Hall–Kier alpha value is -13.5. The van der Waals surface area contributed by atoms with E-state index in [1.54, 1.807) is 72.8 Å². The first-order chi connectivity index (χ1) is 53.2. The van der Waals surface area contributed by atoms with Gasteiger partial charge in [-0.05, 0) is 141 Å². The van der Waals surface area contributed by atoms with Crippen molar-refractivity contribution in [2.75, 3.05) is 11.4 Å². The number of fused-ring (bicyclic) bond motifs is 9. The molecule has 17 heteroatoms. The summed E-state index contributed by atoms with van der Waals surface area (Å²) in [6, 6.07) is 82.3. The number of aromatic nitrogens is 8. The molecule has 0 fully saturated rings. The molecule has 109 heavy (non-hydrogen) atoms. The van der Waals surface area contributed by atoms with E-state index in [9.17, 15) is 40.9 Å². The Morgan fingerprint density at radius 3 is 0.908 bits per heavy atom. The van der Waals surface area contributed by atoms with Gasteiger partial charge in [0.05, 0.1) is 39.2 Å². The molecule has 17 aromatic rings. The summed E-state index contributed by atoms with van der Waals surface area (Å²) < 4.78 is 0. The molecule has 0 aliphatic rings. The van der Waals surface area contributed by atoms with Crippen LogP contribution in [0.3, 0.4) is 0 Å². The summed E-state index contributed by atoms with van der Waals surface area (Å²) in [5.41, 5.74) is 11.0. The Morgan fingerprint density at radius 1 is 0.257 bits per heavy atom. The number of phenols is 8. The lowest BCUT2D eigenvalue weighted by Gasteiger charge is -2.34. The number of hydrogen-bond donors (Lipinski definition) is 8. The number of anilines is 2. The molecule has 17 nitrogen and oxygen atoms in total. The van der Waals surface area contributed by atoms with Crippen molar-refractivity contribution in [3.63, 3.8) is 0 Å². The second-order valence-corrected chi connectivity index (χ2v) is 27.0. The van der Waals surface area contributed by atoms with Crippen LogP contribution in [-0.2, 0) is 11.8 Å². The number of benzene rings is 9. The van der Waals surface area contributed by atoms with Gasteiger partial charge in [-0.3, -0.25) is 0 Å².